The van der Waals surface area contributed by atoms with Gasteiger partial charge in [-0.3, -0.25) is 0 Å². The Balaban J connectivity index is 0. The predicted octanol–water partition coefficient (Wildman–Crippen LogP) is -1.49. The average molecular weight is 225 g/mol. The van der Waals surface area contributed by atoms with E-state index in [4.69, 9.17) is 4.74 Å². The second-order valence-electron chi connectivity index (χ2n) is 1.67. The fourth-order valence-corrected chi connectivity index (χ4v) is 0.634. The van der Waals surface area contributed by atoms with E-state index in [-0.39, 0.29) is 40.0 Å². The second kappa shape index (κ2) is 8.36. The van der Waals surface area contributed by atoms with Crippen molar-refractivity contribution >= 4 is 23.1 Å². The van der Waals surface area contributed by atoms with Crippen LogP contribution in [0.5, 0.6) is 5.75 Å². The zero-order chi connectivity index (χ0) is 6.53. The van der Waals surface area contributed by atoms with Crippen molar-refractivity contribution in [2.24, 2.45) is 0 Å². The SMILES string of the molecule is CCOc1cc[c-]cc1.[Br-].[Mg+2]. The number of halogens is 1. The summed E-state index contributed by atoms with van der Waals surface area (Å²) in [4.78, 5) is 0. The molecule has 0 aliphatic rings. The van der Waals surface area contributed by atoms with Gasteiger partial charge in [-0.05, 0) is 6.92 Å². The van der Waals surface area contributed by atoms with Gasteiger partial charge in [-0.2, -0.15) is 18.2 Å². The minimum absolute atomic E-state index is 0. The van der Waals surface area contributed by atoms with Crippen LogP contribution in [0.2, 0.25) is 0 Å². The molecule has 0 fully saturated rings. The first-order valence-corrected chi connectivity index (χ1v) is 3.02. The van der Waals surface area contributed by atoms with Gasteiger partial charge in [0, 0.05) is 5.75 Å². The fourth-order valence-electron chi connectivity index (χ4n) is 0.634. The summed E-state index contributed by atoms with van der Waals surface area (Å²) in [7, 11) is 0. The van der Waals surface area contributed by atoms with E-state index in [1.807, 2.05) is 31.2 Å². The quantitative estimate of drug-likeness (QED) is 0.440. The summed E-state index contributed by atoms with van der Waals surface area (Å²) < 4.78 is 5.19. The van der Waals surface area contributed by atoms with E-state index in [1.165, 1.54) is 0 Å². The molecule has 1 aromatic rings. The van der Waals surface area contributed by atoms with Crippen molar-refractivity contribution in [3.05, 3.63) is 30.3 Å². The molecule has 0 aliphatic heterocycles. The van der Waals surface area contributed by atoms with Crippen molar-refractivity contribution in [3.8, 4) is 5.75 Å². The van der Waals surface area contributed by atoms with E-state index in [1.54, 1.807) is 0 Å². The maximum atomic E-state index is 5.19. The van der Waals surface area contributed by atoms with Crippen molar-refractivity contribution in [2.45, 2.75) is 6.92 Å². The van der Waals surface area contributed by atoms with Gasteiger partial charge in [0.2, 0.25) is 0 Å². The number of benzene rings is 1. The van der Waals surface area contributed by atoms with Gasteiger partial charge in [0.15, 0.2) is 0 Å². The van der Waals surface area contributed by atoms with Gasteiger partial charge in [0.25, 0.3) is 0 Å². The average Bonchev–Trinajstić information content (AvgIpc) is 1.91. The molecule has 0 bridgehead atoms. The summed E-state index contributed by atoms with van der Waals surface area (Å²) in [6.45, 7) is 2.70. The van der Waals surface area contributed by atoms with Gasteiger partial charge < -0.3 is 21.7 Å². The maximum Gasteiger partial charge on any atom is 2.00 e. The molecule has 11 heavy (non-hydrogen) atoms. The first-order chi connectivity index (χ1) is 4.43. The zero-order valence-corrected chi connectivity index (χ0v) is 9.51. The summed E-state index contributed by atoms with van der Waals surface area (Å²) in [5.41, 5.74) is 0. The largest absolute Gasteiger partial charge is 2.00 e. The molecule has 0 unspecified atom stereocenters. The fraction of sp³-hybridized carbons (Fsp3) is 0.250. The van der Waals surface area contributed by atoms with E-state index >= 15 is 0 Å². The van der Waals surface area contributed by atoms with Crippen LogP contribution in [0.3, 0.4) is 0 Å². The molecular weight excluding hydrogens is 216 g/mol. The number of hydrogen-bond donors (Lipinski definition) is 0. The molecule has 1 aromatic carbocycles. The van der Waals surface area contributed by atoms with Crippen LogP contribution in [0.15, 0.2) is 24.3 Å². The van der Waals surface area contributed by atoms with Crippen molar-refractivity contribution in [1.29, 1.82) is 0 Å². The van der Waals surface area contributed by atoms with Crippen molar-refractivity contribution < 1.29 is 21.7 Å². The Kier molecular flexibility index (Phi) is 10.5. The molecule has 1 nitrogen and oxygen atoms in total. The standard InChI is InChI=1S/C8H9O.BrH.Mg/c1-2-9-8-6-4-3-5-7-8;;/h4-7H,2H2,1H3;1H;/q-1;;+2/p-1. The van der Waals surface area contributed by atoms with Gasteiger partial charge in [0.1, 0.15) is 0 Å². The molecule has 3 heteroatoms. The molecule has 1 rings (SSSR count). The Morgan fingerprint density at radius 1 is 1.36 bits per heavy atom. The molecule has 0 saturated heterocycles. The number of rotatable bonds is 2. The van der Waals surface area contributed by atoms with Crippen LogP contribution in [0.4, 0.5) is 0 Å². The normalized spacial score (nSPS) is 7.36. The number of hydrogen-bond acceptors (Lipinski definition) is 1. The molecule has 56 valence electrons. The van der Waals surface area contributed by atoms with Gasteiger partial charge in [0.05, 0.1) is 6.61 Å². The van der Waals surface area contributed by atoms with Gasteiger partial charge >= 0.3 is 23.1 Å². The molecule has 0 radical (unpaired) electrons. The van der Waals surface area contributed by atoms with E-state index in [9.17, 15) is 0 Å². The monoisotopic (exact) mass is 224 g/mol. The second-order valence-corrected chi connectivity index (χ2v) is 1.67. The maximum absolute atomic E-state index is 5.19. The van der Waals surface area contributed by atoms with Crippen LogP contribution >= 0.6 is 0 Å². The Bertz CT molecular complexity index is 167. The van der Waals surface area contributed by atoms with E-state index < -0.39 is 0 Å². The molecule has 0 atom stereocenters. The third-order valence-corrected chi connectivity index (χ3v) is 0.999. The molecule has 0 saturated carbocycles. The van der Waals surface area contributed by atoms with Crippen LogP contribution in [0.25, 0.3) is 0 Å². The third-order valence-electron chi connectivity index (χ3n) is 0.999. The van der Waals surface area contributed by atoms with Crippen LogP contribution in [-0.4, -0.2) is 29.7 Å². The Labute approximate surface area is 94.1 Å². The summed E-state index contributed by atoms with van der Waals surface area (Å²) in [6, 6.07) is 10.4. The van der Waals surface area contributed by atoms with E-state index in [0.717, 1.165) is 12.4 Å². The molecule has 0 amide bonds. The number of ether oxygens (including phenoxy) is 1. The summed E-state index contributed by atoms with van der Waals surface area (Å²) in [6.07, 6.45) is 0. The molecule has 0 heterocycles. The molecule has 0 aliphatic carbocycles. The Morgan fingerprint density at radius 2 is 1.91 bits per heavy atom. The summed E-state index contributed by atoms with van der Waals surface area (Å²) >= 11 is 0. The topological polar surface area (TPSA) is 9.23 Å². The van der Waals surface area contributed by atoms with E-state index in [0.29, 0.717) is 0 Å². The zero-order valence-electron chi connectivity index (χ0n) is 6.51. The summed E-state index contributed by atoms with van der Waals surface area (Å²) in [5, 5.41) is 0. The molecular formula is C8H9BrMgO. The van der Waals surface area contributed by atoms with Crippen LogP contribution in [0, 0.1) is 6.07 Å². The minimum atomic E-state index is 0. The van der Waals surface area contributed by atoms with Gasteiger partial charge in [-0.25, -0.2) is 0 Å². The van der Waals surface area contributed by atoms with Crippen LogP contribution in [-0.2, 0) is 0 Å². The molecule has 0 spiro atoms. The van der Waals surface area contributed by atoms with Crippen LogP contribution < -0.4 is 21.7 Å². The van der Waals surface area contributed by atoms with Gasteiger partial charge in [-0.15, -0.1) is 12.1 Å². The smallest absolute Gasteiger partial charge is 1.00 e. The van der Waals surface area contributed by atoms with Gasteiger partial charge in [-0.1, -0.05) is 0 Å². The Hall–Kier alpha value is 0.266. The van der Waals surface area contributed by atoms with Crippen molar-refractivity contribution in [1.82, 2.24) is 0 Å². The summed E-state index contributed by atoms with van der Waals surface area (Å²) in [5.74, 6) is 0.913. The molecule has 0 aromatic heterocycles. The Morgan fingerprint density at radius 3 is 2.36 bits per heavy atom. The predicted molar refractivity (Wildman–Crippen MR) is 42.2 cm³/mol. The van der Waals surface area contributed by atoms with E-state index in [2.05, 4.69) is 6.07 Å². The first kappa shape index (κ1) is 13.8. The van der Waals surface area contributed by atoms with Crippen molar-refractivity contribution in [3.63, 3.8) is 0 Å². The first-order valence-electron chi connectivity index (χ1n) is 3.02. The molecule has 0 N–H and O–H groups in total. The minimum Gasteiger partial charge on any atom is -1.00 e. The van der Waals surface area contributed by atoms with Crippen LogP contribution in [0.1, 0.15) is 6.92 Å². The third kappa shape index (κ3) is 5.53. The van der Waals surface area contributed by atoms with Crippen molar-refractivity contribution in [2.75, 3.05) is 6.61 Å².